The van der Waals surface area contributed by atoms with Gasteiger partial charge in [0.25, 0.3) is 5.91 Å². The molecule has 6 heteroatoms. The number of methoxy groups -OCH3 is 1. The number of rotatable bonds is 3. The maximum atomic E-state index is 12.8. The van der Waals surface area contributed by atoms with Crippen molar-refractivity contribution < 1.29 is 9.53 Å². The van der Waals surface area contributed by atoms with Crippen LogP contribution in [0.25, 0.3) is 0 Å². The number of hydrogen-bond donors (Lipinski definition) is 2. The van der Waals surface area contributed by atoms with E-state index < -0.39 is 0 Å². The van der Waals surface area contributed by atoms with Gasteiger partial charge in [-0.15, -0.1) is 11.3 Å². The van der Waals surface area contributed by atoms with Crippen molar-refractivity contribution in [3.05, 3.63) is 44.2 Å². The lowest BCUT2D eigenvalue weighted by molar-refractivity contribution is 0.0934. The molecule has 0 bridgehead atoms. The number of thiophene rings is 1. The molecule has 4 nitrogen and oxygen atoms in total. The average Bonchev–Trinajstić information content (AvgIpc) is 2.99. The van der Waals surface area contributed by atoms with Crippen molar-refractivity contribution in [2.45, 2.75) is 38.8 Å². The van der Waals surface area contributed by atoms with E-state index in [9.17, 15) is 4.79 Å². The zero-order chi connectivity index (χ0) is 17.6. The predicted molar refractivity (Wildman–Crippen MR) is 105 cm³/mol. The van der Waals surface area contributed by atoms with E-state index in [1.807, 2.05) is 18.2 Å². The number of fused-ring (bicyclic) bond motifs is 3. The number of halogens is 1. The van der Waals surface area contributed by atoms with Crippen LogP contribution in [-0.2, 0) is 12.8 Å². The highest BCUT2D eigenvalue weighted by atomic mass is 79.9. The highest BCUT2D eigenvalue weighted by Gasteiger charge is 2.34. The molecule has 1 aromatic heterocycles. The summed E-state index contributed by atoms with van der Waals surface area (Å²) in [7, 11) is 1.65. The smallest absolute Gasteiger partial charge is 0.256 e. The second-order valence-electron chi connectivity index (χ2n) is 6.66. The molecule has 2 aliphatic rings. The highest BCUT2D eigenvalue weighted by molar-refractivity contribution is 9.10. The third-order valence-corrected chi connectivity index (χ3v) is 6.90. The summed E-state index contributed by atoms with van der Waals surface area (Å²) in [6.45, 7) is 2.25. The van der Waals surface area contributed by atoms with Crippen molar-refractivity contribution in [2.75, 3.05) is 12.4 Å². The van der Waals surface area contributed by atoms with Gasteiger partial charge in [-0.05, 0) is 48.9 Å². The van der Waals surface area contributed by atoms with Crippen LogP contribution in [-0.4, -0.2) is 13.0 Å². The number of carbonyl (C=O) groups is 1. The van der Waals surface area contributed by atoms with Gasteiger partial charge in [-0.1, -0.05) is 29.3 Å². The Morgan fingerprint density at radius 2 is 2.20 bits per heavy atom. The van der Waals surface area contributed by atoms with Gasteiger partial charge in [-0.25, -0.2) is 0 Å². The van der Waals surface area contributed by atoms with Gasteiger partial charge in [0.2, 0.25) is 0 Å². The summed E-state index contributed by atoms with van der Waals surface area (Å²) in [5.41, 5.74) is 3.04. The normalized spacial score (nSPS) is 21.8. The molecule has 132 valence electrons. The maximum Gasteiger partial charge on any atom is 0.256 e. The molecule has 25 heavy (non-hydrogen) atoms. The van der Waals surface area contributed by atoms with E-state index in [1.165, 1.54) is 23.3 Å². The van der Waals surface area contributed by atoms with Gasteiger partial charge in [-0.2, -0.15) is 0 Å². The third kappa shape index (κ3) is 2.95. The van der Waals surface area contributed by atoms with Gasteiger partial charge < -0.3 is 15.4 Å². The molecule has 1 aliphatic carbocycles. The summed E-state index contributed by atoms with van der Waals surface area (Å²) in [5, 5.41) is 7.63. The van der Waals surface area contributed by atoms with Gasteiger partial charge in [0.1, 0.15) is 16.9 Å². The third-order valence-electron chi connectivity index (χ3n) is 5.23. The van der Waals surface area contributed by atoms with Crippen molar-refractivity contribution in [1.29, 1.82) is 0 Å². The number of nitrogens with one attached hydrogen (secondary N) is 2. The van der Waals surface area contributed by atoms with E-state index in [0.717, 1.165) is 45.1 Å². The van der Waals surface area contributed by atoms with E-state index in [4.69, 9.17) is 4.74 Å². The topological polar surface area (TPSA) is 50.4 Å². The minimum Gasteiger partial charge on any atom is -0.496 e. The zero-order valence-electron chi connectivity index (χ0n) is 14.3. The molecule has 0 unspecified atom stereocenters. The SMILES string of the molecule is CC[C@@H]1CCc2c(sc3c2C(=O)N[C@H](c2cc(Br)ccc2OC)N3)C1. The van der Waals surface area contributed by atoms with Crippen LogP contribution in [0.5, 0.6) is 5.75 Å². The first kappa shape index (κ1) is 16.9. The number of hydrogen-bond acceptors (Lipinski definition) is 4. The first-order chi connectivity index (χ1) is 12.1. The number of anilines is 1. The van der Waals surface area contributed by atoms with Crippen LogP contribution in [0.1, 0.15) is 52.3 Å². The molecule has 2 heterocycles. The van der Waals surface area contributed by atoms with Gasteiger partial charge in [0, 0.05) is 14.9 Å². The zero-order valence-corrected chi connectivity index (χ0v) is 16.7. The van der Waals surface area contributed by atoms with Crippen LogP contribution >= 0.6 is 27.3 Å². The molecular formula is C19H21BrN2O2S. The summed E-state index contributed by atoms with van der Waals surface area (Å²) in [6.07, 6.45) is 4.22. The number of carbonyl (C=O) groups excluding carboxylic acids is 1. The maximum absolute atomic E-state index is 12.8. The predicted octanol–water partition coefficient (Wildman–Crippen LogP) is 4.89. The van der Waals surface area contributed by atoms with Gasteiger partial charge in [-0.3, -0.25) is 4.79 Å². The van der Waals surface area contributed by atoms with Crippen molar-refractivity contribution in [1.82, 2.24) is 5.32 Å². The summed E-state index contributed by atoms with van der Waals surface area (Å²) in [4.78, 5) is 14.2. The summed E-state index contributed by atoms with van der Waals surface area (Å²) < 4.78 is 6.44. The number of benzene rings is 1. The second-order valence-corrected chi connectivity index (χ2v) is 8.68. The molecule has 0 spiro atoms. The molecule has 0 saturated heterocycles. The van der Waals surface area contributed by atoms with Crippen LogP contribution < -0.4 is 15.4 Å². The summed E-state index contributed by atoms with van der Waals surface area (Å²) >= 11 is 5.26. The fourth-order valence-corrected chi connectivity index (χ4v) is 5.57. The van der Waals surface area contributed by atoms with Crippen molar-refractivity contribution >= 4 is 38.2 Å². The van der Waals surface area contributed by atoms with Crippen molar-refractivity contribution in [3.8, 4) is 5.75 Å². The summed E-state index contributed by atoms with van der Waals surface area (Å²) in [6, 6.07) is 5.84. The number of ether oxygens (including phenoxy) is 1. The van der Waals surface area contributed by atoms with Gasteiger partial charge in [0.05, 0.1) is 12.7 Å². The molecule has 2 N–H and O–H groups in total. The minimum atomic E-state index is -0.283. The molecule has 2 aromatic rings. The Kier molecular flexibility index (Phi) is 4.50. The van der Waals surface area contributed by atoms with E-state index >= 15 is 0 Å². The molecule has 0 fully saturated rings. The Bertz CT molecular complexity index is 833. The Hall–Kier alpha value is -1.53. The summed E-state index contributed by atoms with van der Waals surface area (Å²) in [5.74, 6) is 1.53. The molecule has 0 radical (unpaired) electrons. The fraction of sp³-hybridized carbons (Fsp3) is 0.421. The molecule has 1 aromatic carbocycles. The largest absolute Gasteiger partial charge is 0.496 e. The Labute approximate surface area is 160 Å². The molecule has 0 saturated carbocycles. The monoisotopic (exact) mass is 420 g/mol. The molecular weight excluding hydrogens is 400 g/mol. The fourth-order valence-electron chi connectivity index (χ4n) is 3.80. The molecule has 1 amide bonds. The Morgan fingerprint density at radius 1 is 1.36 bits per heavy atom. The lowest BCUT2D eigenvalue weighted by Crippen LogP contribution is -2.38. The first-order valence-electron chi connectivity index (χ1n) is 8.66. The molecule has 4 rings (SSSR count). The lowest BCUT2D eigenvalue weighted by atomic mass is 9.85. The molecule has 1 aliphatic heterocycles. The van der Waals surface area contributed by atoms with E-state index in [0.29, 0.717) is 0 Å². The van der Waals surface area contributed by atoms with E-state index in [-0.39, 0.29) is 12.1 Å². The van der Waals surface area contributed by atoms with Crippen LogP contribution in [0.2, 0.25) is 0 Å². The van der Waals surface area contributed by atoms with E-state index in [1.54, 1.807) is 18.4 Å². The van der Waals surface area contributed by atoms with Crippen LogP contribution in [0.3, 0.4) is 0 Å². The van der Waals surface area contributed by atoms with Crippen LogP contribution in [0, 0.1) is 5.92 Å². The van der Waals surface area contributed by atoms with Crippen LogP contribution in [0.15, 0.2) is 22.7 Å². The van der Waals surface area contributed by atoms with Gasteiger partial charge >= 0.3 is 0 Å². The first-order valence-corrected chi connectivity index (χ1v) is 10.3. The van der Waals surface area contributed by atoms with Gasteiger partial charge in [0.15, 0.2) is 0 Å². The minimum absolute atomic E-state index is 0.0215. The van der Waals surface area contributed by atoms with Crippen molar-refractivity contribution in [2.24, 2.45) is 5.92 Å². The van der Waals surface area contributed by atoms with Crippen molar-refractivity contribution in [3.63, 3.8) is 0 Å². The lowest BCUT2D eigenvalue weighted by Gasteiger charge is -2.28. The van der Waals surface area contributed by atoms with E-state index in [2.05, 4.69) is 33.5 Å². The molecule has 2 atom stereocenters. The standard InChI is InChI=1S/C19H21BrN2O2S/c1-3-10-4-6-12-15(8-10)25-19-16(12)18(23)21-17(22-19)13-9-11(20)5-7-14(13)24-2/h5,7,9-10,17,22H,3-4,6,8H2,1-2H3,(H,21,23)/t10-,17+/m1/s1. The quantitative estimate of drug-likeness (QED) is 0.742. The Balaban J connectivity index is 1.70. The highest BCUT2D eigenvalue weighted by Crippen LogP contribution is 2.44. The number of amides is 1. The average molecular weight is 421 g/mol. The second kappa shape index (κ2) is 6.65. The Morgan fingerprint density at radius 3 is 2.96 bits per heavy atom. The van der Waals surface area contributed by atoms with Crippen LogP contribution in [0.4, 0.5) is 5.00 Å².